The number of likely N-dealkylation sites (N-methyl/N-ethyl adjacent to an activating group) is 1. The summed E-state index contributed by atoms with van der Waals surface area (Å²) in [6, 6.07) is -0.735. The van der Waals surface area contributed by atoms with Gasteiger partial charge in [0.1, 0.15) is 12.6 Å². The van der Waals surface area contributed by atoms with Crippen molar-refractivity contribution in [3.8, 4) is 0 Å². The van der Waals surface area contributed by atoms with E-state index < -0.39 is 18.1 Å². The van der Waals surface area contributed by atoms with Crippen LogP contribution in [0.4, 0.5) is 0 Å². The number of nitrogens with zero attached hydrogens (tertiary/aromatic N) is 1. The second kappa shape index (κ2) is 33.6. The molecule has 0 saturated heterocycles. The molecular weight excluding hydrogens is 642 g/mol. The molecule has 0 spiro atoms. The molecule has 0 aliphatic heterocycles. The van der Waals surface area contributed by atoms with Crippen LogP contribution in [0.15, 0.2) is 85.1 Å². The number of carboxylic acid groups (broad SMARTS) is 1. The van der Waals surface area contributed by atoms with Gasteiger partial charge >= 0.3 is 11.9 Å². The summed E-state index contributed by atoms with van der Waals surface area (Å²) in [4.78, 5) is 36.6. The van der Waals surface area contributed by atoms with Crippen molar-refractivity contribution in [2.75, 3.05) is 41.0 Å². The van der Waals surface area contributed by atoms with E-state index in [1.807, 2.05) is 72.9 Å². The Morgan fingerprint density at radius 1 is 0.608 bits per heavy atom. The molecule has 0 radical (unpaired) electrons. The molecule has 2 atom stereocenters. The fraction of sp³-hybridized carbons (Fsp3) is 0.605. The third-order valence-corrected chi connectivity index (χ3v) is 7.99. The quantitative estimate of drug-likeness (QED) is 0.0299. The van der Waals surface area contributed by atoms with Gasteiger partial charge in [-0.1, -0.05) is 150 Å². The van der Waals surface area contributed by atoms with Crippen LogP contribution in [0.5, 0.6) is 0 Å². The number of carbonyl (C=O) groups excluding carboxylic acids is 3. The number of unbranched alkanes of at least 4 members (excludes halogenated alkanes) is 10. The smallest absolute Gasteiger partial charge is 0.306 e. The van der Waals surface area contributed by atoms with Crippen molar-refractivity contribution in [2.45, 2.75) is 129 Å². The number of quaternary nitrogens is 1. The molecule has 2 unspecified atom stereocenters. The second-order valence-electron chi connectivity index (χ2n) is 13.6. The first-order valence-corrected chi connectivity index (χ1v) is 19.2. The molecule has 0 amide bonds. The second-order valence-corrected chi connectivity index (χ2v) is 13.6. The van der Waals surface area contributed by atoms with Crippen LogP contribution in [0.1, 0.15) is 117 Å². The van der Waals surface area contributed by atoms with Crippen LogP contribution in [-0.4, -0.2) is 75.5 Å². The van der Waals surface area contributed by atoms with Gasteiger partial charge in [0.2, 0.25) is 0 Å². The lowest BCUT2D eigenvalue weighted by molar-refractivity contribution is -0.889. The maximum atomic E-state index is 12.6. The number of allylic oxidation sites excluding steroid dienone is 14. The van der Waals surface area contributed by atoms with Crippen molar-refractivity contribution in [1.82, 2.24) is 0 Å². The summed E-state index contributed by atoms with van der Waals surface area (Å²) >= 11 is 0. The zero-order valence-electron chi connectivity index (χ0n) is 32.5. The average Bonchev–Trinajstić information content (AvgIpc) is 3.08. The van der Waals surface area contributed by atoms with Gasteiger partial charge in [0, 0.05) is 19.3 Å². The minimum atomic E-state index is -1.14. The van der Waals surface area contributed by atoms with Gasteiger partial charge in [0.25, 0.3) is 0 Å². The monoisotopic (exact) mass is 712 g/mol. The molecule has 8 heteroatoms. The van der Waals surface area contributed by atoms with E-state index in [2.05, 4.69) is 26.0 Å². The van der Waals surface area contributed by atoms with E-state index in [9.17, 15) is 19.5 Å². The summed E-state index contributed by atoms with van der Waals surface area (Å²) in [7, 11) is 5.37. The van der Waals surface area contributed by atoms with Gasteiger partial charge in [0.15, 0.2) is 6.10 Å². The largest absolute Gasteiger partial charge is 0.544 e. The molecule has 0 aromatic rings. The highest BCUT2D eigenvalue weighted by Gasteiger charge is 2.25. The van der Waals surface area contributed by atoms with Gasteiger partial charge in [-0.3, -0.25) is 9.59 Å². The van der Waals surface area contributed by atoms with Crippen LogP contribution in [0.2, 0.25) is 0 Å². The molecule has 0 aliphatic rings. The molecular formula is C43H69NO7. The van der Waals surface area contributed by atoms with Crippen LogP contribution in [0, 0.1) is 0 Å². The van der Waals surface area contributed by atoms with Crippen molar-refractivity contribution < 1.29 is 38.2 Å². The highest BCUT2D eigenvalue weighted by Crippen LogP contribution is 2.12. The van der Waals surface area contributed by atoms with Crippen molar-refractivity contribution in [3.05, 3.63) is 85.1 Å². The lowest BCUT2D eigenvalue weighted by atomic mass is 10.1. The molecule has 0 saturated carbocycles. The summed E-state index contributed by atoms with van der Waals surface area (Å²) in [5, 5.41) is 11.6. The fourth-order valence-electron chi connectivity index (χ4n) is 4.99. The first-order chi connectivity index (χ1) is 24.6. The van der Waals surface area contributed by atoms with E-state index in [1.54, 1.807) is 21.1 Å². The summed E-state index contributed by atoms with van der Waals surface area (Å²) in [5.41, 5.74) is 0. The van der Waals surface area contributed by atoms with Crippen molar-refractivity contribution in [1.29, 1.82) is 0 Å². The number of hydrogen-bond donors (Lipinski definition) is 0. The summed E-state index contributed by atoms with van der Waals surface area (Å²) < 4.78 is 17.0. The molecule has 0 heterocycles. The molecule has 51 heavy (non-hydrogen) atoms. The van der Waals surface area contributed by atoms with E-state index in [0.29, 0.717) is 19.3 Å². The third-order valence-electron chi connectivity index (χ3n) is 7.99. The SMILES string of the molecule is CC/C=C/C=C/C=C/C=C/C=C/C=C/C=C/CCCCCC(=O)OCC(COCCC(C(=O)[O-])[N+](C)(C)C)OC(=O)CCCCCCCCCC. The number of hydrogen-bond acceptors (Lipinski definition) is 7. The van der Waals surface area contributed by atoms with Gasteiger partial charge in [-0.15, -0.1) is 0 Å². The minimum absolute atomic E-state index is 0.0210. The fourth-order valence-corrected chi connectivity index (χ4v) is 4.99. The van der Waals surface area contributed by atoms with Crippen molar-refractivity contribution in [3.63, 3.8) is 0 Å². The standard InChI is InChI=1S/C43H69NO7/c1-6-8-10-12-14-16-17-18-19-20-21-22-23-24-25-26-28-29-31-33-41(45)50-38-39(37-49-36-35-40(43(47)48)44(3,4)5)51-42(46)34-32-30-27-15-13-11-9-7-2/h8,10,12,14,16-25,39-40H,6-7,9,11,13,15,26-38H2,1-5H3/b10-8+,14-12+,17-16+,19-18+,21-20+,23-22+,25-24+. The van der Waals surface area contributed by atoms with E-state index >= 15 is 0 Å². The van der Waals surface area contributed by atoms with E-state index in [1.165, 1.54) is 32.1 Å². The number of carboxylic acids is 1. The van der Waals surface area contributed by atoms with E-state index in [4.69, 9.17) is 14.2 Å². The van der Waals surface area contributed by atoms with Crippen molar-refractivity contribution in [2.24, 2.45) is 0 Å². The highest BCUT2D eigenvalue weighted by molar-refractivity contribution is 5.70. The van der Waals surface area contributed by atoms with Gasteiger partial charge < -0.3 is 28.6 Å². The molecule has 8 nitrogen and oxygen atoms in total. The Kier molecular flexibility index (Phi) is 31.3. The Bertz CT molecular complexity index is 1110. The Morgan fingerprint density at radius 3 is 1.63 bits per heavy atom. The topological polar surface area (TPSA) is 102 Å². The molecule has 0 aliphatic carbocycles. The summed E-state index contributed by atoms with van der Waals surface area (Å²) in [6.07, 6.45) is 41.8. The number of aliphatic carboxylic acids is 1. The molecule has 0 bridgehead atoms. The van der Waals surface area contributed by atoms with E-state index in [0.717, 1.165) is 44.9 Å². The Morgan fingerprint density at radius 2 is 1.10 bits per heavy atom. The zero-order valence-corrected chi connectivity index (χ0v) is 32.5. The predicted octanol–water partition coefficient (Wildman–Crippen LogP) is 8.46. The van der Waals surface area contributed by atoms with Crippen LogP contribution in [-0.2, 0) is 28.6 Å². The van der Waals surface area contributed by atoms with Gasteiger partial charge in [0.05, 0.1) is 40.3 Å². The molecule has 0 rings (SSSR count). The molecule has 288 valence electrons. The number of esters is 2. The van der Waals surface area contributed by atoms with Crippen LogP contribution in [0.3, 0.4) is 0 Å². The first kappa shape index (κ1) is 47.5. The average molecular weight is 712 g/mol. The maximum Gasteiger partial charge on any atom is 0.306 e. The number of ether oxygens (including phenoxy) is 3. The van der Waals surface area contributed by atoms with Crippen LogP contribution >= 0.6 is 0 Å². The van der Waals surface area contributed by atoms with Gasteiger partial charge in [-0.25, -0.2) is 0 Å². The molecule has 0 aromatic heterocycles. The van der Waals surface area contributed by atoms with Crippen LogP contribution in [0.25, 0.3) is 0 Å². The zero-order chi connectivity index (χ0) is 37.8. The number of rotatable bonds is 32. The van der Waals surface area contributed by atoms with E-state index in [-0.39, 0.29) is 42.7 Å². The lowest BCUT2D eigenvalue weighted by Gasteiger charge is -2.34. The molecule has 0 fully saturated rings. The summed E-state index contributed by atoms with van der Waals surface area (Å²) in [6.45, 7) is 4.40. The lowest BCUT2D eigenvalue weighted by Crippen LogP contribution is -2.55. The van der Waals surface area contributed by atoms with Gasteiger partial charge in [-0.2, -0.15) is 0 Å². The summed E-state index contributed by atoms with van der Waals surface area (Å²) in [5.74, 6) is -1.81. The van der Waals surface area contributed by atoms with Crippen LogP contribution < -0.4 is 5.11 Å². The predicted molar refractivity (Wildman–Crippen MR) is 208 cm³/mol. The molecule has 0 N–H and O–H groups in total. The van der Waals surface area contributed by atoms with Gasteiger partial charge in [-0.05, 0) is 32.1 Å². The minimum Gasteiger partial charge on any atom is -0.544 e. The Balaban J connectivity index is 4.48. The maximum absolute atomic E-state index is 12.6. The first-order valence-electron chi connectivity index (χ1n) is 19.2. The molecule has 0 aromatic carbocycles. The van der Waals surface area contributed by atoms with Crippen molar-refractivity contribution >= 4 is 17.9 Å². The normalized spacial score (nSPS) is 14.0. The Hall–Kier alpha value is -3.49. The highest BCUT2D eigenvalue weighted by atomic mass is 16.6. The third kappa shape index (κ3) is 32.2. The Labute approximate surface area is 310 Å². The number of carbonyl (C=O) groups is 3.